The molecule has 0 saturated heterocycles. The van der Waals surface area contributed by atoms with Crippen LogP contribution in [0, 0.1) is 0 Å². The number of rotatable bonds is 4. The minimum atomic E-state index is -0.599. The summed E-state index contributed by atoms with van der Waals surface area (Å²) in [5.74, 6) is 0. The standard InChI is InChI=1S/C17H18N2O/c18-17(16(20)11-12-5-2-1-3-6-12)14-7-4-8-15-13(14)9-10-19-15/h1-10,16-17,19-20H,11,18H2/t16-,17+/m1/s1. The first-order chi connectivity index (χ1) is 9.75. The van der Waals surface area contributed by atoms with Crippen LogP contribution in [0.15, 0.2) is 60.8 Å². The molecule has 0 aliphatic rings. The average Bonchev–Trinajstić information content (AvgIpc) is 2.96. The Morgan fingerprint density at radius 3 is 2.60 bits per heavy atom. The summed E-state index contributed by atoms with van der Waals surface area (Å²) in [7, 11) is 0. The predicted octanol–water partition coefficient (Wildman–Crippen LogP) is 2.77. The highest BCUT2D eigenvalue weighted by Gasteiger charge is 2.19. The second-order valence-electron chi connectivity index (χ2n) is 5.07. The molecule has 0 bridgehead atoms. The van der Waals surface area contributed by atoms with E-state index in [0.717, 1.165) is 22.0 Å². The van der Waals surface area contributed by atoms with Crippen LogP contribution < -0.4 is 5.73 Å². The van der Waals surface area contributed by atoms with Gasteiger partial charge in [-0.05, 0) is 23.3 Å². The third-order valence-electron chi connectivity index (χ3n) is 3.69. The van der Waals surface area contributed by atoms with Crippen molar-refractivity contribution in [1.82, 2.24) is 4.98 Å². The Hall–Kier alpha value is -2.10. The van der Waals surface area contributed by atoms with E-state index in [4.69, 9.17) is 5.73 Å². The van der Waals surface area contributed by atoms with Crippen molar-refractivity contribution in [3.05, 3.63) is 71.9 Å². The van der Waals surface area contributed by atoms with E-state index < -0.39 is 12.1 Å². The fraction of sp³-hybridized carbons (Fsp3) is 0.176. The summed E-state index contributed by atoms with van der Waals surface area (Å²) >= 11 is 0. The topological polar surface area (TPSA) is 62.0 Å². The van der Waals surface area contributed by atoms with Crippen molar-refractivity contribution < 1.29 is 5.11 Å². The van der Waals surface area contributed by atoms with E-state index >= 15 is 0 Å². The first-order valence-corrected chi connectivity index (χ1v) is 6.79. The lowest BCUT2D eigenvalue weighted by molar-refractivity contribution is 0.145. The average molecular weight is 266 g/mol. The first kappa shape index (κ1) is 12.9. The first-order valence-electron chi connectivity index (χ1n) is 6.79. The number of nitrogens with two attached hydrogens (primary N) is 1. The summed E-state index contributed by atoms with van der Waals surface area (Å²) < 4.78 is 0. The Bertz CT molecular complexity index is 690. The summed E-state index contributed by atoms with van der Waals surface area (Å²) in [5, 5.41) is 11.5. The fourth-order valence-electron chi connectivity index (χ4n) is 2.59. The maximum absolute atomic E-state index is 10.4. The number of fused-ring (bicyclic) bond motifs is 1. The van der Waals surface area contributed by atoms with Crippen molar-refractivity contribution >= 4 is 10.9 Å². The summed E-state index contributed by atoms with van der Waals surface area (Å²) in [6.07, 6.45) is 1.85. The molecule has 1 heterocycles. The molecule has 0 fully saturated rings. The van der Waals surface area contributed by atoms with E-state index in [2.05, 4.69) is 4.98 Å². The molecule has 3 aromatic rings. The van der Waals surface area contributed by atoms with Crippen LogP contribution in [-0.2, 0) is 6.42 Å². The molecule has 3 nitrogen and oxygen atoms in total. The van der Waals surface area contributed by atoms with E-state index in [1.54, 1.807) is 0 Å². The number of nitrogens with one attached hydrogen (secondary N) is 1. The molecular weight excluding hydrogens is 248 g/mol. The van der Waals surface area contributed by atoms with Gasteiger partial charge in [0.2, 0.25) is 0 Å². The van der Waals surface area contributed by atoms with Crippen molar-refractivity contribution in [3.63, 3.8) is 0 Å². The molecule has 0 unspecified atom stereocenters. The summed E-state index contributed by atoms with van der Waals surface area (Å²) in [6, 6.07) is 17.5. The van der Waals surface area contributed by atoms with Crippen LogP contribution in [-0.4, -0.2) is 16.2 Å². The molecule has 0 amide bonds. The SMILES string of the molecule is N[C@@H](c1cccc2[nH]ccc12)[C@H](O)Cc1ccccc1. The van der Waals surface area contributed by atoms with Gasteiger partial charge in [0.05, 0.1) is 12.1 Å². The summed E-state index contributed by atoms with van der Waals surface area (Å²) in [6.45, 7) is 0. The number of aromatic amines is 1. The van der Waals surface area contributed by atoms with Crippen molar-refractivity contribution in [1.29, 1.82) is 0 Å². The van der Waals surface area contributed by atoms with E-state index in [9.17, 15) is 5.11 Å². The Labute approximate surface area is 118 Å². The minimum absolute atomic E-state index is 0.394. The fourth-order valence-corrected chi connectivity index (χ4v) is 2.59. The Morgan fingerprint density at radius 1 is 1.00 bits per heavy atom. The van der Waals surface area contributed by atoms with Gasteiger partial charge >= 0.3 is 0 Å². The molecule has 3 heteroatoms. The number of hydrogen-bond acceptors (Lipinski definition) is 2. The number of aromatic nitrogens is 1. The normalized spacial score (nSPS) is 14.3. The molecule has 20 heavy (non-hydrogen) atoms. The quantitative estimate of drug-likeness (QED) is 0.680. The van der Waals surface area contributed by atoms with Gasteiger partial charge in [-0.25, -0.2) is 0 Å². The molecule has 0 radical (unpaired) electrons. The highest BCUT2D eigenvalue weighted by Crippen LogP contribution is 2.25. The Morgan fingerprint density at radius 2 is 1.80 bits per heavy atom. The lowest BCUT2D eigenvalue weighted by Gasteiger charge is -2.20. The van der Waals surface area contributed by atoms with Crippen molar-refractivity contribution in [2.45, 2.75) is 18.6 Å². The lowest BCUT2D eigenvalue weighted by Crippen LogP contribution is -2.28. The maximum Gasteiger partial charge on any atom is 0.0773 e. The number of benzene rings is 2. The van der Waals surface area contributed by atoms with E-state index in [1.807, 2.05) is 60.8 Å². The van der Waals surface area contributed by atoms with Gasteiger partial charge in [-0.1, -0.05) is 42.5 Å². The van der Waals surface area contributed by atoms with Gasteiger partial charge < -0.3 is 15.8 Å². The molecule has 0 saturated carbocycles. The van der Waals surface area contributed by atoms with Crippen LogP contribution in [0.1, 0.15) is 17.2 Å². The van der Waals surface area contributed by atoms with Crippen LogP contribution in [0.2, 0.25) is 0 Å². The maximum atomic E-state index is 10.4. The molecular formula is C17H18N2O. The van der Waals surface area contributed by atoms with Crippen LogP contribution in [0.3, 0.4) is 0 Å². The summed E-state index contributed by atoms with van der Waals surface area (Å²) in [4.78, 5) is 3.17. The van der Waals surface area contributed by atoms with Gasteiger partial charge in [0.25, 0.3) is 0 Å². The van der Waals surface area contributed by atoms with Gasteiger partial charge in [-0.15, -0.1) is 0 Å². The van der Waals surface area contributed by atoms with E-state index in [0.29, 0.717) is 6.42 Å². The molecule has 4 N–H and O–H groups in total. The number of aliphatic hydroxyl groups excluding tert-OH is 1. The van der Waals surface area contributed by atoms with Gasteiger partial charge in [-0.3, -0.25) is 0 Å². The van der Waals surface area contributed by atoms with Gasteiger partial charge in [0.1, 0.15) is 0 Å². The second-order valence-corrected chi connectivity index (χ2v) is 5.07. The van der Waals surface area contributed by atoms with Crippen molar-refractivity contribution in [2.75, 3.05) is 0 Å². The van der Waals surface area contributed by atoms with E-state index in [-0.39, 0.29) is 0 Å². The molecule has 102 valence electrons. The van der Waals surface area contributed by atoms with Gasteiger partial charge in [-0.2, -0.15) is 0 Å². The predicted molar refractivity (Wildman–Crippen MR) is 81.4 cm³/mol. The molecule has 0 spiro atoms. The third kappa shape index (κ3) is 2.46. The molecule has 2 aromatic carbocycles. The number of H-pyrrole nitrogens is 1. The molecule has 1 aromatic heterocycles. The Balaban J connectivity index is 1.85. The minimum Gasteiger partial charge on any atom is -0.391 e. The highest BCUT2D eigenvalue weighted by atomic mass is 16.3. The lowest BCUT2D eigenvalue weighted by atomic mass is 9.95. The van der Waals surface area contributed by atoms with Gasteiger partial charge in [0, 0.05) is 23.5 Å². The van der Waals surface area contributed by atoms with Crippen LogP contribution in [0.25, 0.3) is 10.9 Å². The second kappa shape index (κ2) is 5.49. The molecule has 2 atom stereocenters. The van der Waals surface area contributed by atoms with Crippen molar-refractivity contribution in [2.24, 2.45) is 5.73 Å². The van der Waals surface area contributed by atoms with Gasteiger partial charge in [0.15, 0.2) is 0 Å². The monoisotopic (exact) mass is 266 g/mol. The number of aliphatic hydroxyl groups is 1. The highest BCUT2D eigenvalue weighted by molar-refractivity contribution is 5.83. The molecule has 0 aliphatic heterocycles. The molecule has 0 aliphatic carbocycles. The third-order valence-corrected chi connectivity index (χ3v) is 3.69. The zero-order valence-electron chi connectivity index (χ0n) is 11.2. The van der Waals surface area contributed by atoms with Crippen LogP contribution in [0.4, 0.5) is 0 Å². The van der Waals surface area contributed by atoms with E-state index in [1.165, 1.54) is 0 Å². The largest absolute Gasteiger partial charge is 0.391 e. The zero-order valence-corrected chi connectivity index (χ0v) is 11.2. The number of hydrogen-bond donors (Lipinski definition) is 3. The van der Waals surface area contributed by atoms with Crippen LogP contribution in [0.5, 0.6) is 0 Å². The Kier molecular flexibility index (Phi) is 3.54. The van der Waals surface area contributed by atoms with Crippen molar-refractivity contribution in [3.8, 4) is 0 Å². The van der Waals surface area contributed by atoms with Crippen LogP contribution >= 0.6 is 0 Å². The summed E-state index contributed by atoms with van der Waals surface area (Å²) in [5.41, 5.74) is 9.37. The zero-order chi connectivity index (χ0) is 13.9. The molecule has 3 rings (SSSR count). The smallest absolute Gasteiger partial charge is 0.0773 e.